The summed E-state index contributed by atoms with van der Waals surface area (Å²) in [5.41, 5.74) is -4.27. The Labute approximate surface area is 239 Å². The van der Waals surface area contributed by atoms with Gasteiger partial charge in [-0.05, 0) is 55.0 Å². The zero-order valence-corrected chi connectivity index (χ0v) is 22.1. The third kappa shape index (κ3) is 4.34. The van der Waals surface area contributed by atoms with Crippen molar-refractivity contribution in [1.82, 2.24) is 5.32 Å². The van der Waals surface area contributed by atoms with E-state index in [4.69, 9.17) is 11.6 Å². The maximum atomic E-state index is 14.2. The van der Waals surface area contributed by atoms with Crippen LogP contribution in [0.25, 0.3) is 0 Å². The number of aliphatic hydroxyl groups is 1. The van der Waals surface area contributed by atoms with Crippen molar-refractivity contribution >= 4 is 46.5 Å². The molecular formula is C28H20ClF5N4O4. The number of anilines is 3. The molecule has 0 aromatic heterocycles. The number of amides is 4. The van der Waals surface area contributed by atoms with E-state index >= 15 is 0 Å². The minimum atomic E-state index is -5.25. The fourth-order valence-electron chi connectivity index (χ4n) is 5.65. The van der Waals surface area contributed by atoms with Crippen LogP contribution in [0.1, 0.15) is 45.9 Å². The van der Waals surface area contributed by atoms with Crippen LogP contribution in [0.5, 0.6) is 0 Å². The molecule has 6 rings (SSSR count). The van der Waals surface area contributed by atoms with Crippen molar-refractivity contribution in [3.8, 4) is 0 Å². The topological polar surface area (TPSA) is 102 Å². The van der Waals surface area contributed by atoms with Gasteiger partial charge in [-0.2, -0.15) is 13.2 Å². The predicted octanol–water partition coefficient (Wildman–Crippen LogP) is 5.38. The second-order valence-electron chi connectivity index (χ2n) is 10.2. The van der Waals surface area contributed by atoms with Crippen molar-refractivity contribution in [2.45, 2.75) is 30.7 Å². The van der Waals surface area contributed by atoms with Crippen molar-refractivity contribution in [3.63, 3.8) is 0 Å². The van der Waals surface area contributed by atoms with Gasteiger partial charge >= 0.3 is 12.2 Å². The van der Waals surface area contributed by atoms with Crippen LogP contribution in [0.2, 0.25) is 5.02 Å². The molecule has 3 aliphatic heterocycles. The number of carbonyl (C=O) groups is 3. The van der Waals surface area contributed by atoms with E-state index < -0.39 is 53.5 Å². The maximum absolute atomic E-state index is 14.2. The fourth-order valence-corrected chi connectivity index (χ4v) is 5.87. The van der Waals surface area contributed by atoms with Crippen LogP contribution in [0, 0.1) is 11.6 Å². The third-order valence-corrected chi connectivity index (χ3v) is 8.01. The largest absolute Gasteiger partial charge is 0.423 e. The average molecular weight is 607 g/mol. The summed E-state index contributed by atoms with van der Waals surface area (Å²) in [6, 6.07) is 6.42. The van der Waals surface area contributed by atoms with Crippen LogP contribution in [-0.4, -0.2) is 42.2 Å². The molecule has 8 nitrogen and oxygen atoms in total. The molecule has 1 saturated heterocycles. The summed E-state index contributed by atoms with van der Waals surface area (Å²) in [5, 5.41) is 15.9. The molecule has 3 aromatic rings. The number of alkyl halides is 3. The zero-order valence-electron chi connectivity index (χ0n) is 21.4. The van der Waals surface area contributed by atoms with Gasteiger partial charge in [0.05, 0.1) is 24.0 Å². The van der Waals surface area contributed by atoms with Crippen LogP contribution < -0.4 is 20.4 Å². The number of hydrogen-bond acceptors (Lipinski definition) is 4. The van der Waals surface area contributed by atoms with Gasteiger partial charge < -0.3 is 20.6 Å². The van der Waals surface area contributed by atoms with E-state index in [2.05, 4.69) is 10.6 Å². The predicted molar refractivity (Wildman–Crippen MR) is 141 cm³/mol. The standard InChI is InChI=1S/C28H20ClF5N4O4/c29-19-5-3-13(30)8-16(19)24-23-17(25(40)36-24)10-15(37-7-1-2-22(37)39)11-20(23)35-26(41)38-12-27(42,28(32,33)34)18-9-14(31)4-6-21(18)38/h3-6,8-11,24,42H,1-2,7,12H2,(H,35,41)(H,36,40)/t24-,27+/m1/s1. The summed E-state index contributed by atoms with van der Waals surface area (Å²) in [7, 11) is 0. The highest BCUT2D eigenvalue weighted by Crippen LogP contribution is 2.49. The maximum Gasteiger partial charge on any atom is 0.423 e. The van der Waals surface area contributed by atoms with Gasteiger partial charge in [-0.15, -0.1) is 0 Å². The number of fused-ring (bicyclic) bond motifs is 2. The summed E-state index contributed by atoms with van der Waals surface area (Å²) in [6.45, 7) is -0.945. The van der Waals surface area contributed by atoms with Crippen LogP contribution in [-0.2, 0) is 10.4 Å². The summed E-state index contributed by atoms with van der Waals surface area (Å²) in [4.78, 5) is 41.2. The number of β-amino-alcohol motifs (C(OH)–C–C–N with tert-alkyl or cyclic N) is 1. The monoisotopic (exact) mass is 606 g/mol. The molecule has 0 unspecified atom stereocenters. The third-order valence-electron chi connectivity index (χ3n) is 7.67. The first kappa shape index (κ1) is 27.9. The first-order chi connectivity index (χ1) is 19.8. The lowest BCUT2D eigenvalue weighted by molar-refractivity contribution is -0.258. The number of carbonyl (C=O) groups excluding carboxylic acids is 3. The molecule has 4 amide bonds. The Balaban J connectivity index is 1.46. The Morgan fingerprint density at radius 1 is 1.07 bits per heavy atom. The normalized spacial score (nSPS) is 21.5. The van der Waals surface area contributed by atoms with Crippen molar-refractivity contribution in [2.24, 2.45) is 0 Å². The molecule has 0 bridgehead atoms. The number of nitrogens with zero attached hydrogens (tertiary/aromatic N) is 2. The average Bonchev–Trinajstić information content (AvgIpc) is 3.59. The van der Waals surface area contributed by atoms with Crippen molar-refractivity contribution in [1.29, 1.82) is 0 Å². The second-order valence-corrected chi connectivity index (χ2v) is 10.6. The number of rotatable bonds is 3. The molecule has 0 spiro atoms. The zero-order chi connectivity index (χ0) is 30.1. The second kappa shape index (κ2) is 9.66. The van der Waals surface area contributed by atoms with E-state index in [1.54, 1.807) is 0 Å². The van der Waals surface area contributed by atoms with Gasteiger partial charge in [-0.3, -0.25) is 14.5 Å². The number of hydrogen-bond donors (Lipinski definition) is 3. The molecule has 3 aromatic carbocycles. The molecule has 2 atom stereocenters. The van der Waals surface area contributed by atoms with E-state index in [1.165, 1.54) is 23.1 Å². The lowest BCUT2D eigenvalue weighted by Gasteiger charge is -2.27. The quantitative estimate of drug-likeness (QED) is 0.349. The molecule has 3 N–H and O–H groups in total. The molecule has 0 aliphatic carbocycles. The Kier molecular flexibility index (Phi) is 6.42. The Morgan fingerprint density at radius 2 is 1.79 bits per heavy atom. The highest BCUT2D eigenvalue weighted by atomic mass is 35.5. The Morgan fingerprint density at radius 3 is 2.48 bits per heavy atom. The number of nitrogens with one attached hydrogen (secondary N) is 2. The summed E-state index contributed by atoms with van der Waals surface area (Å²) in [5.74, 6) is -2.55. The highest BCUT2D eigenvalue weighted by Gasteiger charge is 2.61. The molecule has 3 heterocycles. The van der Waals surface area contributed by atoms with Gasteiger partial charge in [0.15, 0.2) is 0 Å². The van der Waals surface area contributed by atoms with E-state index in [0.717, 1.165) is 24.3 Å². The number of halogens is 6. The number of benzene rings is 3. The van der Waals surface area contributed by atoms with E-state index in [-0.39, 0.29) is 51.1 Å². The van der Waals surface area contributed by atoms with Gasteiger partial charge in [0.1, 0.15) is 11.6 Å². The van der Waals surface area contributed by atoms with Crippen LogP contribution >= 0.6 is 11.6 Å². The van der Waals surface area contributed by atoms with Crippen LogP contribution in [0.15, 0.2) is 48.5 Å². The fraction of sp³-hybridized carbons (Fsp3) is 0.250. The minimum absolute atomic E-state index is 0.0310. The van der Waals surface area contributed by atoms with Crippen LogP contribution in [0.4, 0.5) is 43.8 Å². The van der Waals surface area contributed by atoms with Gasteiger partial charge in [0.2, 0.25) is 11.5 Å². The van der Waals surface area contributed by atoms with E-state index in [0.29, 0.717) is 23.9 Å². The van der Waals surface area contributed by atoms with Gasteiger partial charge in [-0.25, -0.2) is 13.6 Å². The molecule has 42 heavy (non-hydrogen) atoms. The summed E-state index contributed by atoms with van der Waals surface area (Å²) < 4.78 is 70.0. The number of urea groups is 1. The van der Waals surface area contributed by atoms with Gasteiger partial charge in [0.25, 0.3) is 5.91 Å². The smallest absolute Gasteiger partial charge is 0.375 e. The van der Waals surface area contributed by atoms with E-state index in [9.17, 15) is 41.4 Å². The molecule has 14 heteroatoms. The molecule has 3 aliphatic rings. The Hall–Kier alpha value is -4.23. The van der Waals surface area contributed by atoms with Crippen molar-refractivity contribution < 1.29 is 41.4 Å². The molecule has 0 radical (unpaired) electrons. The van der Waals surface area contributed by atoms with Crippen molar-refractivity contribution in [3.05, 3.63) is 87.4 Å². The van der Waals surface area contributed by atoms with E-state index in [1.807, 2.05) is 0 Å². The summed E-state index contributed by atoms with van der Waals surface area (Å²) >= 11 is 6.32. The summed E-state index contributed by atoms with van der Waals surface area (Å²) in [6.07, 6.45) is -4.45. The Bertz CT molecular complexity index is 1680. The highest BCUT2D eigenvalue weighted by molar-refractivity contribution is 6.31. The molecule has 218 valence electrons. The van der Waals surface area contributed by atoms with Crippen LogP contribution in [0.3, 0.4) is 0 Å². The molecule has 1 fully saturated rings. The minimum Gasteiger partial charge on any atom is -0.375 e. The first-order valence-electron chi connectivity index (χ1n) is 12.7. The molecule has 0 saturated carbocycles. The van der Waals surface area contributed by atoms with Gasteiger partial charge in [0, 0.05) is 45.9 Å². The first-order valence-corrected chi connectivity index (χ1v) is 13.1. The molecular weight excluding hydrogens is 587 g/mol. The van der Waals surface area contributed by atoms with Crippen molar-refractivity contribution in [2.75, 3.05) is 28.2 Å². The lowest BCUT2D eigenvalue weighted by Crippen LogP contribution is -2.48. The lowest BCUT2D eigenvalue weighted by atomic mass is 9.95. The van der Waals surface area contributed by atoms with Gasteiger partial charge in [-0.1, -0.05) is 11.6 Å². The SMILES string of the molecule is O=C1N[C@H](c2cc(F)ccc2Cl)c2c(NC(=O)N3C[C@@](O)(C(F)(F)F)c4cc(F)ccc43)cc(N3CCCC3=O)cc21.